The van der Waals surface area contributed by atoms with Gasteiger partial charge < -0.3 is 4.74 Å². The summed E-state index contributed by atoms with van der Waals surface area (Å²) in [5, 5.41) is 0. The van der Waals surface area contributed by atoms with Crippen molar-refractivity contribution < 1.29 is 4.74 Å². The second-order valence-corrected chi connectivity index (χ2v) is 5.01. The average Bonchev–Trinajstić information content (AvgIpc) is 2.65. The van der Waals surface area contributed by atoms with E-state index < -0.39 is 0 Å². The van der Waals surface area contributed by atoms with E-state index in [-0.39, 0.29) is 6.04 Å². The van der Waals surface area contributed by atoms with E-state index in [0.717, 1.165) is 35.3 Å². The van der Waals surface area contributed by atoms with E-state index in [1.54, 1.807) is 11.3 Å². The topological polar surface area (TPSA) is 47.3 Å². The van der Waals surface area contributed by atoms with Gasteiger partial charge in [0.2, 0.25) is 0 Å². The fourth-order valence-corrected chi connectivity index (χ4v) is 2.43. The maximum Gasteiger partial charge on any atom is 0.0931 e. The lowest BCUT2D eigenvalue weighted by molar-refractivity contribution is 0.125. The van der Waals surface area contributed by atoms with E-state index in [2.05, 4.69) is 12.3 Å². The summed E-state index contributed by atoms with van der Waals surface area (Å²) in [6.07, 6.45) is 1.92. The Morgan fingerprint density at radius 2 is 2.33 bits per heavy atom. The molecule has 5 heteroatoms. The molecule has 0 fully saturated rings. The van der Waals surface area contributed by atoms with Gasteiger partial charge in [0.05, 0.1) is 10.4 Å². The molecule has 0 aromatic carbocycles. The van der Waals surface area contributed by atoms with Crippen molar-refractivity contribution in [2.75, 3.05) is 13.2 Å². The maximum absolute atomic E-state index is 5.86. The zero-order valence-corrected chi connectivity index (χ0v) is 10.4. The van der Waals surface area contributed by atoms with Crippen LogP contribution in [0.15, 0.2) is 12.1 Å². The third kappa shape index (κ3) is 4.49. The highest BCUT2D eigenvalue weighted by atomic mass is 35.5. The number of nitrogens with one attached hydrogen (secondary N) is 1. The molecule has 1 unspecified atom stereocenters. The highest BCUT2D eigenvalue weighted by molar-refractivity contribution is 7.16. The zero-order chi connectivity index (χ0) is 11.1. The van der Waals surface area contributed by atoms with Crippen LogP contribution in [0, 0.1) is 0 Å². The number of hydrogen-bond donors (Lipinski definition) is 2. The van der Waals surface area contributed by atoms with Crippen LogP contribution in [-0.4, -0.2) is 13.2 Å². The molecule has 1 heterocycles. The number of halogens is 1. The first kappa shape index (κ1) is 12.9. The predicted molar refractivity (Wildman–Crippen MR) is 65.1 cm³/mol. The van der Waals surface area contributed by atoms with Crippen molar-refractivity contribution in [2.45, 2.75) is 25.8 Å². The van der Waals surface area contributed by atoms with E-state index in [0.29, 0.717) is 0 Å². The number of hydrogen-bond acceptors (Lipinski definition) is 4. The minimum atomic E-state index is 0.138. The fourth-order valence-electron chi connectivity index (χ4n) is 1.27. The van der Waals surface area contributed by atoms with Crippen LogP contribution in [0.5, 0.6) is 0 Å². The molecule has 15 heavy (non-hydrogen) atoms. The molecule has 1 atom stereocenters. The Labute approximate surface area is 99.5 Å². The SMILES string of the molecule is CCCOCCC(NN)c1ccc(Cl)s1. The number of thiophene rings is 1. The van der Waals surface area contributed by atoms with Crippen molar-refractivity contribution in [3.05, 3.63) is 21.3 Å². The van der Waals surface area contributed by atoms with Crippen molar-refractivity contribution in [2.24, 2.45) is 5.84 Å². The quantitative estimate of drug-likeness (QED) is 0.443. The molecule has 1 aromatic rings. The zero-order valence-electron chi connectivity index (χ0n) is 8.83. The van der Waals surface area contributed by atoms with Gasteiger partial charge in [-0.25, -0.2) is 0 Å². The lowest BCUT2D eigenvalue weighted by Gasteiger charge is -2.13. The van der Waals surface area contributed by atoms with Gasteiger partial charge in [-0.15, -0.1) is 11.3 Å². The smallest absolute Gasteiger partial charge is 0.0931 e. The predicted octanol–water partition coefficient (Wildman–Crippen LogP) is 2.72. The van der Waals surface area contributed by atoms with Crippen LogP contribution < -0.4 is 11.3 Å². The van der Waals surface area contributed by atoms with Crippen LogP contribution in [0.2, 0.25) is 4.34 Å². The number of ether oxygens (including phenoxy) is 1. The highest BCUT2D eigenvalue weighted by Crippen LogP contribution is 2.28. The van der Waals surface area contributed by atoms with Crippen LogP contribution in [0.1, 0.15) is 30.7 Å². The minimum absolute atomic E-state index is 0.138. The minimum Gasteiger partial charge on any atom is -0.381 e. The van der Waals surface area contributed by atoms with E-state index in [4.69, 9.17) is 22.2 Å². The first-order chi connectivity index (χ1) is 7.27. The number of rotatable bonds is 7. The van der Waals surface area contributed by atoms with E-state index in [9.17, 15) is 0 Å². The molecular weight excluding hydrogens is 232 g/mol. The van der Waals surface area contributed by atoms with Gasteiger partial charge in [0.15, 0.2) is 0 Å². The van der Waals surface area contributed by atoms with Gasteiger partial charge in [-0.1, -0.05) is 18.5 Å². The van der Waals surface area contributed by atoms with Crippen LogP contribution in [0.3, 0.4) is 0 Å². The number of nitrogens with two attached hydrogens (primary N) is 1. The van der Waals surface area contributed by atoms with Crippen molar-refractivity contribution in [1.82, 2.24) is 5.43 Å². The molecule has 3 nitrogen and oxygen atoms in total. The lowest BCUT2D eigenvalue weighted by atomic mass is 10.2. The molecule has 0 aliphatic carbocycles. The summed E-state index contributed by atoms with van der Waals surface area (Å²) >= 11 is 7.42. The molecular formula is C10H17ClN2OS. The van der Waals surface area contributed by atoms with E-state index in [1.165, 1.54) is 0 Å². The Morgan fingerprint density at radius 1 is 1.53 bits per heavy atom. The monoisotopic (exact) mass is 248 g/mol. The molecule has 0 saturated carbocycles. The van der Waals surface area contributed by atoms with Crippen LogP contribution in [-0.2, 0) is 4.74 Å². The van der Waals surface area contributed by atoms with Crippen molar-refractivity contribution in [3.8, 4) is 0 Å². The standard InChI is InChI=1S/C10H17ClN2OS/c1-2-6-14-7-5-8(13-12)9-3-4-10(11)15-9/h3-4,8,13H,2,5-7,12H2,1H3. The molecule has 0 saturated heterocycles. The van der Waals surface area contributed by atoms with Gasteiger partial charge >= 0.3 is 0 Å². The van der Waals surface area contributed by atoms with Crippen LogP contribution in [0.4, 0.5) is 0 Å². The molecule has 0 aliphatic rings. The van der Waals surface area contributed by atoms with Gasteiger partial charge in [-0.2, -0.15) is 0 Å². The van der Waals surface area contributed by atoms with Crippen LogP contribution >= 0.6 is 22.9 Å². The number of hydrazine groups is 1. The fraction of sp³-hybridized carbons (Fsp3) is 0.600. The molecule has 3 N–H and O–H groups in total. The summed E-state index contributed by atoms with van der Waals surface area (Å²) in [6, 6.07) is 4.02. The first-order valence-corrected chi connectivity index (χ1v) is 6.26. The molecule has 0 aliphatic heterocycles. The Kier molecular flexibility index (Phi) is 6.20. The third-order valence-corrected chi connectivity index (χ3v) is 3.38. The second kappa shape index (κ2) is 7.19. The molecule has 1 aromatic heterocycles. The summed E-state index contributed by atoms with van der Waals surface area (Å²) in [5.74, 6) is 5.49. The normalized spacial score (nSPS) is 13.0. The largest absolute Gasteiger partial charge is 0.381 e. The van der Waals surface area contributed by atoms with Crippen molar-refractivity contribution in [1.29, 1.82) is 0 Å². The Balaban J connectivity index is 2.35. The summed E-state index contributed by atoms with van der Waals surface area (Å²) in [7, 11) is 0. The average molecular weight is 249 g/mol. The molecule has 0 bridgehead atoms. The summed E-state index contributed by atoms with van der Waals surface area (Å²) in [6.45, 7) is 3.62. The van der Waals surface area contributed by atoms with Crippen molar-refractivity contribution >= 4 is 22.9 Å². The molecule has 86 valence electrons. The molecule has 0 amide bonds. The molecule has 1 rings (SSSR count). The first-order valence-electron chi connectivity index (χ1n) is 5.07. The molecule has 0 spiro atoms. The maximum atomic E-state index is 5.86. The second-order valence-electron chi connectivity index (χ2n) is 3.26. The van der Waals surface area contributed by atoms with Gasteiger partial charge in [-0.05, 0) is 25.0 Å². The van der Waals surface area contributed by atoms with Crippen molar-refractivity contribution in [3.63, 3.8) is 0 Å². The highest BCUT2D eigenvalue weighted by Gasteiger charge is 2.11. The molecule has 0 radical (unpaired) electrons. The Bertz CT molecular complexity index is 280. The van der Waals surface area contributed by atoms with Gasteiger partial charge in [0, 0.05) is 18.1 Å². The Morgan fingerprint density at radius 3 is 2.87 bits per heavy atom. The van der Waals surface area contributed by atoms with E-state index >= 15 is 0 Å². The lowest BCUT2D eigenvalue weighted by Crippen LogP contribution is -2.28. The van der Waals surface area contributed by atoms with Gasteiger partial charge in [-0.3, -0.25) is 11.3 Å². The van der Waals surface area contributed by atoms with Crippen LogP contribution in [0.25, 0.3) is 0 Å². The van der Waals surface area contributed by atoms with Gasteiger partial charge in [0.1, 0.15) is 0 Å². The summed E-state index contributed by atoms with van der Waals surface area (Å²) in [5.41, 5.74) is 2.78. The Hall–Kier alpha value is -0.130. The van der Waals surface area contributed by atoms with E-state index in [1.807, 2.05) is 12.1 Å². The third-order valence-electron chi connectivity index (χ3n) is 2.04. The summed E-state index contributed by atoms with van der Waals surface area (Å²) < 4.78 is 6.21. The summed E-state index contributed by atoms with van der Waals surface area (Å²) in [4.78, 5) is 1.16. The van der Waals surface area contributed by atoms with Gasteiger partial charge in [0.25, 0.3) is 0 Å².